The smallest absolute Gasteiger partial charge is 0.342 e. The van der Waals surface area contributed by atoms with Crippen LogP contribution in [0.25, 0.3) is 0 Å². The summed E-state index contributed by atoms with van der Waals surface area (Å²) in [5, 5.41) is 1.11. The van der Waals surface area contributed by atoms with Crippen LogP contribution in [0.2, 0.25) is 0 Å². The summed E-state index contributed by atoms with van der Waals surface area (Å²) >= 11 is 0. The molecule has 35 heavy (non-hydrogen) atoms. The van der Waals surface area contributed by atoms with Crippen molar-refractivity contribution in [3.63, 3.8) is 0 Å². The number of hydrogen-bond acceptors (Lipinski definition) is 6. The molecule has 180 valence electrons. The number of amides is 1. The zero-order valence-electron chi connectivity index (χ0n) is 19.2. The zero-order chi connectivity index (χ0) is 24.8. The van der Waals surface area contributed by atoms with Crippen LogP contribution in [0, 0.1) is 6.92 Å². The van der Waals surface area contributed by atoms with Crippen molar-refractivity contribution in [3.8, 4) is 5.75 Å². The molecule has 0 spiro atoms. The number of rotatable bonds is 8. The highest BCUT2D eigenvalue weighted by Crippen LogP contribution is 2.24. The minimum atomic E-state index is -3.39. The minimum absolute atomic E-state index is 0.198. The van der Waals surface area contributed by atoms with E-state index in [1.54, 1.807) is 54.6 Å². The van der Waals surface area contributed by atoms with E-state index < -0.39 is 34.4 Å². The average Bonchev–Trinajstić information content (AvgIpc) is 3.22. The molecule has 0 bridgehead atoms. The maximum atomic E-state index is 13.1. The molecule has 1 heterocycles. The van der Waals surface area contributed by atoms with Gasteiger partial charge in [-0.2, -0.15) is 0 Å². The molecule has 0 saturated carbocycles. The van der Waals surface area contributed by atoms with Crippen LogP contribution in [-0.2, 0) is 26.0 Å². The molecule has 3 aromatic rings. The van der Waals surface area contributed by atoms with Gasteiger partial charge in [-0.15, -0.1) is 0 Å². The van der Waals surface area contributed by atoms with Crippen molar-refractivity contribution in [2.45, 2.75) is 19.6 Å². The predicted molar refractivity (Wildman–Crippen MR) is 133 cm³/mol. The number of carbonyl (C=O) groups excluding carboxylic acids is 2. The molecule has 0 fully saturated rings. The van der Waals surface area contributed by atoms with Crippen molar-refractivity contribution in [1.29, 1.82) is 0 Å². The third-order valence-corrected chi connectivity index (χ3v) is 7.00. The molecular weight excluding hydrogens is 466 g/mol. The van der Waals surface area contributed by atoms with Crippen LogP contribution < -0.4 is 9.64 Å². The second-order valence-electron chi connectivity index (χ2n) is 8.11. The Labute approximate surface area is 204 Å². The molecule has 0 aliphatic carbocycles. The van der Waals surface area contributed by atoms with Crippen molar-refractivity contribution in [1.82, 2.24) is 0 Å². The van der Waals surface area contributed by atoms with Gasteiger partial charge in [-0.05, 0) is 48.4 Å². The van der Waals surface area contributed by atoms with E-state index in [1.807, 2.05) is 31.2 Å². The summed E-state index contributed by atoms with van der Waals surface area (Å²) in [5.74, 6) is -1.12. The first-order chi connectivity index (χ1) is 16.8. The maximum Gasteiger partial charge on any atom is 0.342 e. The van der Waals surface area contributed by atoms with Crippen LogP contribution in [0.5, 0.6) is 5.75 Å². The van der Waals surface area contributed by atoms with Crippen molar-refractivity contribution < 1.29 is 27.5 Å². The Bertz CT molecular complexity index is 1350. The first-order valence-corrected chi connectivity index (χ1v) is 12.8. The number of carbonyl (C=O) groups is 2. The van der Waals surface area contributed by atoms with Gasteiger partial charge in [0.25, 0.3) is 5.91 Å². The molecule has 8 heteroatoms. The predicted octanol–water partition coefficient (Wildman–Crippen LogP) is 4.07. The standard InChI is InChI=1S/C27H25NO6S/c1-20-9-5-6-10-21(20)17-33-25-14-8-7-13-24(25)27(30)34-18-26(29)28(22-11-3-2-4-12-22)23-15-16-35(31,32)19-23/h2-16,23H,17-19H2,1H3. The molecule has 1 aliphatic rings. The molecule has 0 N–H and O–H groups in total. The zero-order valence-corrected chi connectivity index (χ0v) is 20.0. The van der Waals surface area contributed by atoms with E-state index in [2.05, 4.69) is 0 Å². The van der Waals surface area contributed by atoms with Gasteiger partial charge >= 0.3 is 5.97 Å². The summed E-state index contributed by atoms with van der Waals surface area (Å²) < 4.78 is 35.1. The van der Waals surface area contributed by atoms with Crippen LogP contribution >= 0.6 is 0 Å². The molecular formula is C27H25NO6S. The monoisotopic (exact) mass is 491 g/mol. The lowest BCUT2D eigenvalue weighted by molar-refractivity contribution is -0.121. The van der Waals surface area contributed by atoms with Gasteiger partial charge in [-0.1, -0.05) is 54.6 Å². The molecule has 0 aromatic heterocycles. The van der Waals surface area contributed by atoms with E-state index in [0.29, 0.717) is 11.4 Å². The molecule has 1 unspecified atom stereocenters. The van der Waals surface area contributed by atoms with Gasteiger partial charge in [0.15, 0.2) is 16.4 Å². The van der Waals surface area contributed by atoms with Gasteiger partial charge < -0.3 is 14.4 Å². The molecule has 1 amide bonds. The van der Waals surface area contributed by atoms with Crippen LogP contribution in [0.4, 0.5) is 5.69 Å². The Morgan fingerprint density at radius 1 is 0.943 bits per heavy atom. The average molecular weight is 492 g/mol. The number of aryl methyl sites for hydroxylation is 1. The highest BCUT2D eigenvalue weighted by molar-refractivity contribution is 7.94. The quantitative estimate of drug-likeness (QED) is 0.441. The topological polar surface area (TPSA) is 90.0 Å². The molecule has 7 nitrogen and oxygen atoms in total. The first-order valence-electron chi connectivity index (χ1n) is 11.1. The Balaban J connectivity index is 1.46. The third-order valence-electron chi connectivity index (χ3n) is 5.62. The van der Waals surface area contributed by atoms with Crippen LogP contribution in [0.15, 0.2) is 90.3 Å². The van der Waals surface area contributed by atoms with Crippen molar-refractivity contribution in [2.75, 3.05) is 17.3 Å². The van der Waals surface area contributed by atoms with Gasteiger partial charge in [0.1, 0.15) is 17.9 Å². The number of ether oxygens (including phenoxy) is 2. The van der Waals surface area contributed by atoms with Crippen LogP contribution in [-0.4, -0.2) is 38.7 Å². The lowest BCUT2D eigenvalue weighted by atomic mass is 10.1. The Morgan fingerprint density at radius 3 is 2.34 bits per heavy atom. The highest BCUT2D eigenvalue weighted by Gasteiger charge is 2.32. The molecule has 1 aliphatic heterocycles. The van der Waals surface area contributed by atoms with E-state index in [1.165, 1.54) is 11.0 Å². The van der Waals surface area contributed by atoms with E-state index in [0.717, 1.165) is 16.5 Å². The SMILES string of the molecule is Cc1ccccc1COc1ccccc1C(=O)OCC(=O)N(c1ccccc1)C1C=CS(=O)(=O)C1. The molecule has 3 aromatic carbocycles. The van der Waals surface area contributed by atoms with E-state index >= 15 is 0 Å². The minimum Gasteiger partial charge on any atom is -0.488 e. The summed E-state index contributed by atoms with van der Waals surface area (Å²) in [6.07, 6.45) is 1.47. The second-order valence-corrected chi connectivity index (χ2v) is 10.0. The number of nitrogens with zero attached hydrogens (tertiary/aromatic N) is 1. The van der Waals surface area contributed by atoms with Crippen LogP contribution in [0.3, 0.4) is 0 Å². The first kappa shape index (κ1) is 24.2. The molecule has 4 rings (SSSR count). The number of anilines is 1. The van der Waals surface area contributed by atoms with Gasteiger partial charge in [-0.3, -0.25) is 4.79 Å². The van der Waals surface area contributed by atoms with E-state index in [4.69, 9.17) is 9.47 Å². The lowest BCUT2D eigenvalue weighted by Gasteiger charge is -2.27. The number of hydrogen-bond donors (Lipinski definition) is 0. The summed E-state index contributed by atoms with van der Waals surface area (Å²) in [6.45, 7) is 1.71. The molecule has 1 atom stereocenters. The summed E-state index contributed by atoms with van der Waals surface area (Å²) in [6, 6.07) is 22.5. The third kappa shape index (κ3) is 5.96. The van der Waals surface area contributed by atoms with Gasteiger partial charge in [0.05, 0.1) is 11.8 Å². The normalized spacial score (nSPS) is 16.0. The van der Waals surface area contributed by atoms with Crippen molar-refractivity contribution in [3.05, 3.63) is 107 Å². The number of esters is 1. The number of sulfone groups is 1. The fourth-order valence-electron chi connectivity index (χ4n) is 3.79. The molecule has 0 radical (unpaired) electrons. The highest BCUT2D eigenvalue weighted by atomic mass is 32.2. The Morgan fingerprint density at radius 2 is 1.63 bits per heavy atom. The lowest BCUT2D eigenvalue weighted by Crippen LogP contribution is -2.43. The largest absolute Gasteiger partial charge is 0.488 e. The summed E-state index contributed by atoms with van der Waals surface area (Å²) in [5.41, 5.74) is 2.77. The maximum absolute atomic E-state index is 13.1. The Hall–Kier alpha value is -3.91. The van der Waals surface area contributed by atoms with Gasteiger partial charge in [-0.25, -0.2) is 13.2 Å². The summed E-state index contributed by atoms with van der Waals surface area (Å²) in [7, 11) is -3.39. The van der Waals surface area contributed by atoms with Gasteiger partial charge in [0, 0.05) is 11.1 Å². The van der Waals surface area contributed by atoms with Gasteiger partial charge in [0.2, 0.25) is 0 Å². The van der Waals surface area contributed by atoms with E-state index in [9.17, 15) is 18.0 Å². The van der Waals surface area contributed by atoms with Crippen molar-refractivity contribution >= 4 is 27.4 Å². The second kappa shape index (κ2) is 10.6. The van der Waals surface area contributed by atoms with E-state index in [-0.39, 0.29) is 17.9 Å². The Kier molecular flexibility index (Phi) is 7.31. The summed E-state index contributed by atoms with van der Waals surface area (Å²) in [4.78, 5) is 27.3. The van der Waals surface area contributed by atoms with Crippen molar-refractivity contribution in [2.24, 2.45) is 0 Å². The fraction of sp³-hybridized carbons (Fsp3) is 0.185. The number of benzene rings is 3. The fourth-order valence-corrected chi connectivity index (χ4v) is 5.06. The molecule has 0 saturated heterocycles. The number of para-hydroxylation sites is 2. The van der Waals surface area contributed by atoms with Crippen LogP contribution in [0.1, 0.15) is 21.5 Å².